The van der Waals surface area contributed by atoms with Crippen molar-refractivity contribution in [2.24, 2.45) is 0 Å². The molecule has 0 atom stereocenters. The summed E-state index contributed by atoms with van der Waals surface area (Å²) in [7, 11) is 2.18. The molecule has 2 nitrogen and oxygen atoms in total. The van der Waals surface area contributed by atoms with E-state index in [0.717, 1.165) is 30.2 Å². The van der Waals surface area contributed by atoms with Crippen LogP contribution in [0.25, 0.3) is 10.8 Å². The second-order valence-electron chi connectivity index (χ2n) is 6.00. The van der Waals surface area contributed by atoms with E-state index in [1.807, 2.05) is 24.3 Å². The fourth-order valence-electron chi connectivity index (χ4n) is 3.12. The summed E-state index contributed by atoms with van der Waals surface area (Å²) in [6.45, 7) is 5.81. The minimum Gasteiger partial charge on any atom is -0.304 e. The van der Waals surface area contributed by atoms with Crippen molar-refractivity contribution < 1.29 is 4.39 Å². The molecule has 1 aliphatic rings. The van der Waals surface area contributed by atoms with Crippen molar-refractivity contribution in [3.63, 3.8) is 0 Å². The van der Waals surface area contributed by atoms with E-state index in [9.17, 15) is 4.39 Å². The van der Waals surface area contributed by atoms with Crippen LogP contribution in [0.5, 0.6) is 0 Å². The molecule has 0 aliphatic carbocycles. The summed E-state index contributed by atoms with van der Waals surface area (Å²) in [5.74, 6) is -0.117. The van der Waals surface area contributed by atoms with Crippen LogP contribution in [0.15, 0.2) is 36.4 Å². The summed E-state index contributed by atoms with van der Waals surface area (Å²) in [4.78, 5) is 4.91. The molecule has 1 aliphatic heterocycles. The van der Waals surface area contributed by atoms with E-state index < -0.39 is 0 Å². The zero-order valence-electron chi connectivity index (χ0n) is 12.7. The maximum absolute atomic E-state index is 13.8. The van der Waals surface area contributed by atoms with Crippen molar-refractivity contribution >= 4 is 10.8 Å². The molecule has 1 saturated heterocycles. The number of hydrogen-bond donors (Lipinski definition) is 0. The Balaban J connectivity index is 1.62. The molecule has 1 heterocycles. The molecule has 0 spiro atoms. The maximum Gasteiger partial charge on any atom is 0.131 e. The molecule has 3 heteroatoms. The van der Waals surface area contributed by atoms with Gasteiger partial charge in [-0.25, -0.2) is 4.39 Å². The van der Waals surface area contributed by atoms with Crippen LogP contribution in [0.2, 0.25) is 0 Å². The SMILES string of the molecule is CN1CCN(CCCc2cccc3c(F)cccc23)CC1. The van der Waals surface area contributed by atoms with Crippen molar-refractivity contribution in [2.75, 3.05) is 39.8 Å². The number of halogens is 1. The van der Waals surface area contributed by atoms with Crippen LogP contribution in [0.1, 0.15) is 12.0 Å². The van der Waals surface area contributed by atoms with Gasteiger partial charge in [-0.1, -0.05) is 30.3 Å². The zero-order chi connectivity index (χ0) is 14.7. The third-order valence-corrected chi connectivity index (χ3v) is 4.48. The van der Waals surface area contributed by atoms with Crippen LogP contribution in [0.4, 0.5) is 4.39 Å². The molecular weight excluding hydrogens is 263 g/mol. The van der Waals surface area contributed by atoms with Crippen LogP contribution in [-0.2, 0) is 6.42 Å². The summed E-state index contributed by atoms with van der Waals surface area (Å²) in [5.41, 5.74) is 1.26. The molecular formula is C18H23FN2. The highest BCUT2D eigenvalue weighted by Crippen LogP contribution is 2.22. The molecule has 2 aromatic carbocycles. The van der Waals surface area contributed by atoms with Gasteiger partial charge in [0.2, 0.25) is 0 Å². The summed E-state index contributed by atoms with van der Waals surface area (Å²) in [6, 6.07) is 11.3. The van der Waals surface area contributed by atoms with Gasteiger partial charge in [-0.15, -0.1) is 0 Å². The lowest BCUT2D eigenvalue weighted by atomic mass is 10.0. The minimum absolute atomic E-state index is 0.117. The van der Waals surface area contributed by atoms with Crippen molar-refractivity contribution in [1.82, 2.24) is 9.80 Å². The van der Waals surface area contributed by atoms with Crippen molar-refractivity contribution in [3.05, 3.63) is 47.8 Å². The zero-order valence-corrected chi connectivity index (χ0v) is 12.7. The summed E-state index contributed by atoms with van der Waals surface area (Å²) >= 11 is 0. The van der Waals surface area contributed by atoms with Crippen LogP contribution in [-0.4, -0.2) is 49.6 Å². The van der Waals surface area contributed by atoms with E-state index in [2.05, 4.69) is 22.9 Å². The molecule has 0 aromatic heterocycles. The Morgan fingerprint density at radius 3 is 2.48 bits per heavy atom. The third kappa shape index (κ3) is 3.42. The number of fused-ring (bicyclic) bond motifs is 1. The Hall–Kier alpha value is -1.45. The van der Waals surface area contributed by atoms with Gasteiger partial charge < -0.3 is 9.80 Å². The van der Waals surface area contributed by atoms with Gasteiger partial charge in [-0.2, -0.15) is 0 Å². The number of nitrogens with zero attached hydrogens (tertiary/aromatic N) is 2. The summed E-state index contributed by atoms with van der Waals surface area (Å²) in [6.07, 6.45) is 2.16. The van der Waals surface area contributed by atoms with Gasteiger partial charge in [0, 0.05) is 31.6 Å². The highest BCUT2D eigenvalue weighted by Gasteiger charge is 2.13. The second-order valence-corrected chi connectivity index (χ2v) is 6.00. The molecule has 3 rings (SSSR count). The number of benzene rings is 2. The lowest BCUT2D eigenvalue weighted by molar-refractivity contribution is 0.153. The minimum atomic E-state index is -0.117. The van der Waals surface area contributed by atoms with E-state index in [1.54, 1.807) is 0 Å². The molecule has 112 valence electrons. The predicted octanol–water partition coefficient (Wildman–Crippen LogP) is 3.16. The Kier molecular flexibility index (Phi) is 4.51. The first-order valence-corrected chi connectivity index (χ1v) is 7.81. The van der Waals surface area contributed by atoms with E-state index in [0.29, 0.717) is 0 Å². The summed E-state index contributed by atoms with van der Waals surface area (Å²) in [5, 5.41) is 1.81. The lowest BCUT2D eigenvalue weighted by Crippen LogP contribution is -2.44. The van der Waals surface area contributed by atoms with E-state index in [4.69, 9.17) is 0 Å². The van der Waals surface area contributed by atoms with E-state index in [-0.39, 0.29) is 5.82 Å². The number of aryl methyl sites for hydroxylation is 1. The number of hydrogen-bond acceptors (Lipinski definition) is 2. The Bertz CT molecular complexity index is 603. The fourth-order valence-corrected chi connectivity index (χ4v) is 3.12. The molecule has 1 fully saturated rings. The third-order valence-electron chi connectivity index (χ3n) is 4.48. The van der Waals surface area contributed by atoms with Gasteiger partial charge >= 0.3 is 0 Å². The first kappa shape index (κ1) is 14.5. The summed E-state index contributed by atoms with van der Waals surface area (Å²) < 4.78 is 13.8. The first-order valence-electron chi connectivity index (χ1n) is 7.81. The van der Waals surface area contributed by atoms with Gasteiger partial charge in [-0.05, 0) is 43.5 Å². The topological polar surface area (TPSA) is 6.48 Å². The van der Waals surface area contributed by atoms with E-state index in [1.165, 1.54) is 37.8 Å². The number of likely N-dealkylation sites (N-methyl/N-ethyl adjacent to an activating group) is 1. The van der Waals surface area contributed by atoms with Crippen LogP contribution < -0.4 is 0 Å². The molecule has 0 radical (unpaired) electrons. The van der Waals surface area contributed by atoms with Crippen molar-refractivity contribution in [2.45, 2.75) is 12.8 Å². The molecule has 2 aromatic rings. The number of piperazine rings is 1. The molecule has 0 N–H and O–H groups in total. The highest BCUT2D eigenvalue weighted by molar-refractivity contribution is 5.86. The molecule has 21 heavy (non-hydrogen) atoms. The van der Waals surface area contributed by atoms with Crippen molar-refractivity contribution in [3.8, 4) is 0 Å². The quantitative estimate of drug-likeness (QED) is 0.852. The Morgan fingerprint density at radius 2 is 1.67 bits per heavy atom. The average Bonchev–Trinajstić information content (AvgIpc) is 2.50. The fraction of sp³-hybridized carbons (Fsp3) is 0.444. The van der Waals surface area contributed by atoms with Gasteiger partial charge in [0.05, 0.1) is 0 Å². The Morgan fingerprint density at radius 1 is 0.952 bits per heavy atom. The highest BCUT2D eigenvalue weighted by atomic mass is 19.1. The smallest absolute Gasteiger partial charge is 0.131 e. The lowest BCUT2D eigenvalue weighted by Gasteiger charge is -2.32. The first-order chi connectivity index (χ1) is 10.2. The molecule has 0 amide bonds. The predicted molar refractivity (Wildman–Crippen MR) is 86.2 cm³/mol. The average molecular weight is 286 g/mol. The molecule has 0 bridgehead atoms. The maximum atomic E-state index is 13.8. The van der Waals surface area contributed by atoms with Gasteiger partial charge in [0.15, 0.2) is 0 Å². The van der Waals surface area contributed by atoms with Crippen LogP contribution in [0.3, 0.4) is 0 Å². The Labute approximate surface area is 126 Å². The van der Waals surface area contributed by atoms with Crippen molar-refractivity contribution in [1.29, 1.82) is 0 Å². The normalized spacial score (nSPS) is 17.4. The molecule has 0 saturated carbocycles. The van der Waals surface area contributed by atoms with Gasteiger partial charge in [0.1, 0.15) is 5.82 Å². The van der Waals surface area contributed by atoms with Crippen LogP contribution in [0, 0.1) is 5.82 Å². The van der Waals surface area contributed by atoms with Gasteiger partial charge in [-0.3, -0.25) is 0 Å². The van der Waals surface area contributed by atoms with Crippen LogP contribution >= 0.6 is 0 Å². The van der Waals surface area contributed by atoms with Gasteiger partial charge in [0.25, 0.3) is 0 Å². The molecule has 0 unspecified atom stereocenters. The standard InChI is InChI=1S/C18H23FN2/c1-20-11-13-21(14-12-20)10-4-6-15-5-2-8-17-16(15)7-3-9-18(17)19/h2-3,5,7-9H,4,6,10-14H2,1H3. The second kappa shape index (κ2) is 6.54. The van der Waals surface area contributed by atoms with E-state index >= 15 is 0 Å². The number of rotatable bonds is 4. The largest absolute Gasteiger partial charge is 0.304 e. The monoisotopic (exact) mass is 286 g/mol.